The first kappa shape index (κ1) is 37.8. The number of hydrogen-bond donors (Lipinski definition) is 0. The summed E-state index contributed by atoms with van der Waals surface area (Å²) in [5, 5.41) is 7.63. The summed E-state index contributed by atoms with van der Waals surface area (Å²) in [6.07, 6.45) is 0. The molecule has 11 aromatic rings. The van der Waals surface area contributed by atoms with Crippen LogP contribution in [0.1, 0.15) is 58.2 Å². The fraction of sp³-hybridized carbons (Fsp3) is 0.148. The molecule has 0 bridgehead atoms. The van der Waals surface area contributed by atoms with Crippen LogP contribution in [0.15, 0.2) is 170 Å². The molecule has 0 N–H and O–H groups in total. The number of aryl methyl sites for hydroxylation is 1. The Morgan fingerprint density at radius 1 is 0.394 bits per heavy atom. The quantitative estimate of drug-likeness (QED) is 0.161. The van der Waals surface area contributed by atoms with Gasteiger partial charge in [0.05, 0.1) is 44.8 Å². The van der Waals surface area contributed by atoms with Crippen molar-refractivity contribution in [2.75, 3.05) is 9.80 Å². The highest BCUT2D eigenvalue weighted by molar-refractivity contribution is 7.00. The van der Waals surface area contributed by atoms with Crippen LogP contribution < -0.4 is 26.2 Å². The Bertz CT molecular complexity index is 3870. The van der Waals surface area contributed by atoms with Crippen molar-refractivity contribution in [2.24, 2.45) is 0 Å². The summed E-state index contributed by atoms with van der Waals surface area (Å²) >= 11 is 0. The molecule has 0 saturated heterocycles. The van der Waals surface area contributed by atoms with Crippen molar-refractivity contribution in [3.8, 4) is 11.4 Å². The number of fused-ring (bicyclic) bond motifs is 13. The highest BCUT2D eigenvalue weighted by Gasteiger charge is 2.46. The molecule has 3 aliphatic rings. The normalized spacial score (nSPS) is 13.9. The van der Waals surface area contributed by atoms with Gasteiger partial charge in [0.25, 0.3) is 6.71 Å². The molecular weight excluding hydrogens is 800 g/mol. The predicted molar refractivity (Wildman–Crippen MR) is 282 cm³/mol. The summed E-state index contributed by atoms with van der Waals surface area (Å²) in [6.45, 7) is 16.2. The van der Waals surface area contributed by atoms with Gasteiger partial charge in [-0.15, -0.1) is 0 Å². The van der Waals surface area contributed by atoms with E-state index in [0.717, 1.165) is 5.69 Å². The second-order valence-corrected chi connectivity index (χ2v) is 21.1. The monoisotopic (exact) mass is 848 g/mol. The van der Waals surface area contributed by atoms with Gasteiger partial charge in [0, 0.05) is 49.7 Å². The van der Waals surface area contributed by atoms with Crippen molar-refractivity contribution in [3.05, 3.63) is 187 Å². The first-order chi connectivity index (χ1) is 31.9. The first-order valence-electron chi connectivity index (χ1n) is 23.6. The summed E-state index contributed by atoms with van der Waals surface area (Å²) in [5.41, 5.74) is 22.7. The van der Waals surface area contributed by atoms with E-state index in [1.54, 1.807) is 0 Å². The van der Waals surface area contributed by atoms with Gasteiger partial charge in [-0.05, 0) is 129 Å². The Labute approximate surface area is 386 Å². The molecule has 4 nitrogen and oxygen atoms in total. The zero-order valence-corrected chi connectivity index (χ0v) is 38.5. The number of para-hydroxylation sites is 3. The molecule has 0 atom stereocenters. The molecule has 0 aliphatic carbocycles. The number of hydrogen-bond acceptors (Lipinski definition) is 2. The molecule has 0 saturated carbocycles. The fourth-order valence-electron chi connectivity index (χ4n) is 12.0. The Morgan fingerprint density at radius 2 is 0.985 bits per heavy atom. The third-order valence-corrected chi connectivity index (χ3v) is 15.1. The number of benzene rings is 9. The molecule has 2 aromatic heterocycles. The maximum atomic E-state index is 2.60. The van der Waals surface area contributed by atoms with Gasteiger partial charge in [-0.1, -0.05) is 139 Å². The molecule has 0 unspecified atom stereocenters. The zero-order valence-electron chi connectivity index (χ0n) is 38.5. The van der Waals surface area contributed by atoms with Gasteiger partial charge in [0.1, 0.15) is 0 Å². The van der Waals surface area contributed by atoms with E-state index in [2.05, 4.69) is 237 Å². The maximum absolute atomic E-state index is 2.60. The minimum Gasteiger partial charge on any atom is -0.311 e. The van der Waals surface area contributed by atoms with Crippen molar-refractivity contribution >= 4 is 112 Å². The molecule has 5 heterocycles. The van der Waals surface area contributed by atoms with Crippen LogP contribution in [0, 0.1) is 6.92 Å². The molecular formula is C61H49BN4. The van der Waals surface area contributed by atoms with Gasteiger partial charge >= 0.3 is 0 Å². The van der Waals surface area contributed by atoms with Crippen molar-refractivity contribution in [1.29, 1.82) is 0 Å². The number of rotatable bonds is 2. The van der Waals surface area contributed by atoms with Crippen LogP contribution in [0.2, 0.25) is 0 Å². The first-order valence-corrected chi connectivity index (χ1v) is 23.6. The Balaban J connectivity index is 1.09. The molecule has 66 heavy (non-hydrogen) atoms. The Kier molecular flexibility index (Phi) is 7.37. The van der Waals surface area contributed by atoms with Crippen LogP contribution in [0.3, 0.4) is 0 Å². The van der Waals surface area contributed by atoms with Gasteiger partial charge in [-0.25, -0.2) is 0 Å². The minimum absolute atomic E-state index is 0.00138. The van der Waals surface area contributed by atoms with E-state index in [9.17, 15) is 0 Å². The van der Waals surface area contributed by atoms with Gasteiger partial charge in [0.15, 0.2) is 0 Å². The standard InChI is InChI=1S/C61H49BN4/c1-36-31-55-57-56(32-36)66-52-23-13-19-43-42-18-10-11-21-49(42)65(58(43)52)53-24-14-20-47(59(53)66)62(57)46-28-27-40(35-54(46)64(55)48-22-12-16-37-15-8-9-17-41(37)48)63-50-29-25-38(60(2,3)4)33-44(50)45-34-39(61(5,6)7)26-30-51(45)63/h8-35H,1-7H3. The fourth-order valence-corrected chi connectivity index (χ4v) is 12.0. The minimum atomic E-state index is 0.00138. The molecule has 0 fully saturated rings. The third kappa shape index (κ3) is 4.95. The average molecular weight is 849 g/mol. The number of anilines is 6. The summed E-state index contributed by atoms with van der Waals surface area (Å²) < 4.78 is 5.05. The van der Waals surface area contributed by atoms with Crippen LogP contribution in [0.4, 0.5) is 34.1 Å². The summed E-state index contributed by atoms with van der Waals surface area (Å²) in [4.78, 5) is 5.20. The Morgan fingerprint density at radius 3 is 1.73 bits per heavy atom. The second kappa shape index (κ2) is 12.9. The average Bonchev–Trinajstić information content (AvgIpc) is 3.83. The molecule has 0 amide bonds. The van der Waals surface area contributed by atoms with E-state index in [-0.39, 0.29) is 17.5 Å². The number of nitrogens with zero attached hydrogens (tertiary/aromatic N) is 4. The molecule has 0 spiro atoms. The summed E-state index contributed by atoms with van der Waals surface area (Å²) in [6, 6.07) is 65.1. The van der Waals surface area contributed by atoms with Gasteiger partial charge < -0.3 is 18.9 Å². The van der Waals surface area contributed by atoms with E-state index < -0.39 is 0 Å². The Hall–Kier alpha value is -7.50. The van der Waals surface area contributed by atoms with Crippen molar-refractivity contribution in [2.45, 2.75) is 59.3 Å². The molecule has 316 valence electrons. The van der Waals surface area contributed by atoms with E-state index in [1.807, 2.05) is 0 Å². The summed E-state index contributed by atoms with van der Waals surface area (Å²) in [7, 11) is 0. The van der Waals surface area contributed by atoms with Crippen molar-refractivity contribution in [3.63, 3.8) is 0 Å². The smallest absolute Gasteiger partial charge is 0.252 e. The second-order valence-electron chi connectivity index (χ2n) is 21.1. The molecule has 3 aliphatic heterocycles. The highest BCUT2D eigenvalue weighted by atomic mass is 15.2. The van der Waals surface area contributed by atoms with Crippen LogP contribution in [-0.4, -0.2) is 15.8 Å². The van der Waals surface area contributed by atoms with Crippen LogP contribution in [0.25, 0.3) is 65.8 Å². The van der Waals surface area contributed by atoms with Gasteiger partial charge in [-0.2, -0.15) is 0 Å². The van der Waals surface area contributed by atoms with Crippen molar-refractivity contribution in [1.82, 2.24) is 9.13 Å². The highest BCUT2D eigenvalue weighted by Crippen LogP contribution is 2.53. The molecule has 0 radical (unpaired) electrons. The lowest BCUT2D eigenvalue weighted by Crippen LogP contribution is -2.61. The number of aromatic nitrogens is 2. The SMILES string of the molecule is Cc1cc2c3c(c1)N1c4c(cccc4-n4c5ccccc5c5cccc1c54)B3c1ccc(-n3c4ccc(C(C)(C)C)cc4c4cc(C(C)(C)C)ccc43)cc1N2c1cccc2ccccc12. The van der Waals surface area contributed by atoms with E-state index in [4.69, 9.17) is 0 Å². The molecule has 14 rings (SSSR count). The van der Waals surface area contributed by atoms with Crippen LogP contribution in [0.5, 0.6) is 0 Å². The lowest BCUT2D eigenvalue weighted by molar-refractivity contribution is 0.590. The predicted octanol–water partition coefficient (Wildman–Crippen LogP) is 14.3. The lowest BCUT2D eigenvalue weighted by Gasteiger charge is -2.46. The van der Waals surface area contributed by atoms with Gasteiger partial charge in [-0.3, -0.25) is 0 Å². The van der Waals surface area contributed by atoms with Crippen molar-refractivity contribution < 1.29 is 0 Å². The lowest BCUT2D eigenvalue weighted by atomic mass is 9.33. The van der Waals surface area contributed by atoms with Crippen LogP contribution in [-0.2, 0) is 10.8 Å². The van der Waals surface area contributed by atoms with Gasteiger partial charge in [0.2, 0.25) is 0 Å². The van der Waals surface area contributed by atoms with E-state index in [0.29, 0.717) is 0 Å². The molecule has 9 aromatic carbocycles. The maximum Gasteiger partial charge on any atom is 0.252 e. The van der Waals surface area contributed by atoms with E-state index in [1.165, 1.54) is 127 Å². The topological polar surface area (TPSA) is 16.3 Å². The van der Waals surface area contributed by atoms with Crippen LogP contribution >= 0.6 is 0 Å². The molecule has 5 heteroatoms. The largest absolute Gasteiger partial charge is 0.311 e. The van der Waals surface area contributed by atoms with E-state index >= 15 is 0 Å². The third-order valence-electron chi connectivity index (χ3n) is 15.1. The zero-order chi connectivity index (χ0) is 44.5. The summed E-state index contributed by atoms with van der Waals surface area (Å²) in [5.74, 6) is 0.